The van der Waals surface area contributed by atoms with Crippen LogP contribution in [0.1, 0.15) is 17.3 Å². The van der Waals surface area contributed by atoms with Gasteiger partial charge in [-0.2, -0.15) is 0 Å². The first-order valence-electron chi connectivity index (χ1n) is 6.08. The van der Waals surface area contributed by atoms with Crippen LogP contribution in [0.15, 0.2) is 18.2 Å². The van der Waals surface area contributed by atoms with Gasteiger partial charge in [0.25, 0.3) is 0 Å². The second-order valence-corrected chi connectivity index (χ2v) is 4.80. The number of aromatic hydroxyl groups is 1. The van der Waals surface area contributed by atoms with Crippen molar-refractivity contribution in [2.24, 2.45) is 0 Å². The number of amides is 2. The number of likely N-dealkylation sites (N-methyl/N-ethyl adjacent to an activating group) is 1. The predicted molar refractivity (Wildman–Crippen MR) is 75.2 cm³/mol. The number of carboxylic acid groups (broad SMARTS) is 1. The van der Waals surface area contributed by atoms with Crippen molar-refractivity contribution in [1.29, 1.82) is 0 Å². The topological polar surface area (TPSA) is 102 Å². The van der Waals surface area contributed by atoms with E-state index in [0.717, 1.165) is 0 Å². The zero-order valence-corrected chi connectivity index (χ0v) is 11.7. The first-order valence-corrected chi connectivity index (χ1v) is 6.08. The summed E-state index contributed by atoms with van der Waals surface area (Å²) in [5.41, 5.74) is 0.0406. The Balaban J connectivity index is 2.67. The maximum Gasteiger partial charge on any atom is 0.339 e. The van der Waals surface area contributed by atoms with Gasteiger partial charge in [0.1, 0.15) is 11.3 Å². The van der Waals surface area contributed by atoms with Gasteiger partial charge in [-0.05, 0) is 39.2 Å². The van der Waals surface area contributed by atoms with Gasteiger partial charge in [-0.3, -0.25) is 0 Å². The van der Waals surface area contributed by atoms with Crippen LogP contribution in [0.3, 0.4) is 0 Å². The molecule has 1 aromatic rings. The van der Waals surface area contributed by atoms with Crippen LogP contribution in [0, 0.1) is 0 Å². The van der Waals surface area contributed by atoms with Crippen molar-refractivity contribution >= 4 is 17.7 Å². The number of nitrogens with zero attached hydrogens (tertiary/aromatic N) is 1. The number of benzene rings is 1. The summed E-state index contributed by atoms with van der Waals surface area (Å²) >= 11 is 0. The Labute approximate surface area is 117 Å². The monoisotopic (exact) mass is 281 g/mol. The number of hydrogen-bond donors (Lipinski definition) is 4. The molecule has 0 saturated carbocycles. The second kappa shape index (κ2) is 6.76. The van der Waals surface area contributed by atoms with Gasteiger partial charge in [0.05, 0.1) is 0 Å². The molecule has 0 fully saturated rings. The van der Waals surface area contributed by atoms with Crippen LogP contribution in [-0.2, 0) is 0 Å². The van der Waals surface area contributed by atoms with Gasteiger partial charge in [0, 0.05) is 18.3 Å². The molecule has 20 heavy (non-hydrogen) atoms. The SMILES string of the molecule is CC(CN(C)C)NC(=O)Nc1ccc(O)c(C(=O)O)c1. The minimum atomic E-state index is -1.26. The van der Waals surface area contributed by atoms with Crippen molar-refractivity contribution in [3.63, 3.8) is 0 Å². The zero-order valence-electron chi connectivity index (χ0n) is 11.7. The van der Waals surface area contributed by atoms with Crippen molar-refractivity contribution in [3.05, 3.63) is 23.8 Å². The maximum absolute atomic E-state index is 11.7. The highest BCUT2D eigenvalue weighted by Crippen LogP contribution is 2.21. The highest BCUT2D eigenvalue weighted by Gasteiger charge is 2.12. The summed E-state index contributed by atoms with van der Waals surface area (Å²) in [6.07, 6.45) is 0. The fourth-order valence-corrected chi connectivity index (χ4v) is 1.77. The summed E-state index contributed by atoms with van der Waals surface area (Å²) in [5, 5.41) is 23.5. The predicted octanol–water partition coefficient (Wildman–Crippen LogP) is 1.16. The summed E-state index contributed by atoms with van der Waals surface area (Å²) in [6, 6.07) is 3.37. The molecular formula is C13H19N3O4. The number of carbonyl (C=O) groups excluding carboxylic acids is 1. The fraction of sp³-hybridized carbons (Fsp3) is 0.385. The standard InChI is InChI=1S/C13H19N3O4/c1-8(7-16(2)3)14-13(20)15-9-4-5-11(17)10(6-9)12(18)19/h4-6,8,17H,7H2,1-3H3,(H,18,19)(H2,14,15,20). The highest BCUT2D eigenvalue weighted by molar-refractivity contribution is 5.95. The van der Waals surface area contributed by atoms with E-state index in [1.807, 2.05) is 25.9 Å². The van der Waals surface area contributed by atoms with Crippen molar-refractivity contribution in [2.45, 2.75) is 13.0 Å². The number of anilines is 1. The van der Waals surface area contributed by atoms with Crippen molar-refractivity contribution < 1.29 is 19.8 Å². The molecule has 0 aliphatic rings. The molecule has 0 spiro atoms. The van der Waals surface area contributed by atoms with E-state index in [2.05, 4.69) is 10.6 Å². The molecule has 0 aliphatic heterocycles. The Morgan fingerprint density at radius 3 is 2.55 bits per heavy atom. The van der Waals surface area contributed by atoms with Crippen molar-refractivity contribution in [3.8, 4) is 5.75 Å². The lowest BCUT2D eigenvalue weighted by Crippen LogP contribution is -2.41. The normalized spacial score (nSPS) is 12.0. The minimum Gasteiger partial charge on any atom is -0.507 e. The lowest BCUT2D eigenvalue weighted by molar-refractivity contribution is 0.0693. The molecule has 0 radical (unpaired) electrons. The Hall–Kier alpha value is -2.28. The molecule has 110 valence electrons. The smallest absolute Gasteiger partial charge is 0.339 e. The first-order chi connectivity index (χ1) is 9.29. The Morgan fingerprint density at radius 2 is 2.00 bits per heavy atom. The Morgan fingerprint density at radius 1 is 1.35 bits per heavy atom. The molecule has 0 bridgehead atoms. The van der Waals surface area contributed by atoms with Gasteiger partial charge in [0.2, 0.25) is 0 Å². The van der Waals surface area contributed by atoms with Crippen LogP contribution in [0.4, 0.5) is 10.5 Å². The largest absolute Gasteiger partial charge is 0.507 e. The lowest BCUT2D eigenvalue weighted by Gasteiger charge is -2.18. The van der Waals surface area contributed by atoms with Crippen LogP contribution in [-0.4, -0.2) is 53.8 Å². The molecule has 7 heteroatoms. The third-order valence-corrected chi connectivity index (χ3v) is 2.50. The molecule has 7 nitrogen and oxygen atoms in total. The first kappa shape index (κ1) is 15.8. The van der Waals surface area contributed by atoms with Gasteiger partial charge in [0.15, 0.2) is 0 Å². The second-order valence-electron chi connectivity index (χ2n) is 4.80. The molecule has 2 amide bonds. The average Bonchev–Trinajstić information content (AvgIpc) is 2.29. The zero-order chi connectivity index (χ0) is 15.3. The van der Waals surface area contributed by atoms with E-state index < -0.39 is 12.0 Å². The summed E-state index contributed by atoms with van der Waals surface area (Å²) in [5.74, 6) is -1.60. The lowest BCUT2D eigenvalue weighted by atomic mass is 10.2. The van der Waals surface area contributed by atoms with Crippen molar-refractivity contribution in [1.82, 2.24) is 10.2 Å². The van der Waals surface area contributed by atoms with Gasteiger partial charge in [-0.15, -0.1) is 0 Å². The van der Waals surface area contributed by atoms with Gasteiger partial charge in [-0.25, -0.2) is 9.59 Å². The van der Waals surface area contributed by atoms with Crippen LogP contribution in [0.25, 0.3) is 0 Å². The van der Waals surface area contributed by atoms with E-state index in [4.69, 9.17) is 5.11 Å². The third-order valence-electron chi connectivity index (χ3n) is 2.50. The number of urea groups is 1. The number of phenols is 1. The molecule has 0 heterocycles. The van der Waals surface area contributed by atoms with Crippen LogP contribution in [0.5, 0.6) is 5.75 Å². The quantitative estimate of drug-likeness (QED) is 0.607. The fourth-order valence-electron chi connectivity index (χ4n) is 1.77. The number of carbonyl (C=O) groups is 2. The van der Waals surface area contributed by atoms with Gasteiger partial charge in [-0.1, -0.05) is 0 Å². The van der Waals surface area contributed by atoms with E-state index in [9.17, 15) is 14.7 Å². The molecule has 1 atom stereocenters. The molecular weight excluding hydrogens is 262 g/mol. The van der Waals surface area contributed by atoms with Crippen molar-refractivity contribution in [2.75, 3.05) is 26.0 Å². The number of nitrogens with one attached hydrogen (secondary N) is 2. The third kappa shape index (κ3) is 4.77. The highest BCUT2D eigenvalue weighted by atomic mass is 16.4. The molecule has 0 saturated heterocycles. The Bertz CT molecular complexity index is 502. The van der Waals surface area contributed by atoms with E-state index in [0.29, 0.717) is 12.2 Å². The van der Waals surface area contributed by atoms with E-state index in [1.54, 1.807) is 0 Å². The molecule has 1 rings (SSSR count). The number of aromatic carboxylic acids is 1. The molecule has 4 N–H and O–H groups in total. The van der Waals surface area contributed by atoms with E-state index in [1.165, 1.54) is 18.2 Å². The summed E-state index contributed by atoms with van der Waals surface area (Å²) in [6.45, 7) is 2.54. The number of carboxylic acids is 1. The summed E-state index contributed by atoms with van der Waals surface area (Å²) in [4.78, 5) is 24.5. The maximum atomic E-state index is 11.7. The molecule has 0 aromatic heterocycles. The summed E-state index contributed by atoms with van der Waals surface area (Å²) in [7, 11) is 3.80. The van der Waals surface area contributed by atoms with Crippen LogP contribution in [0.2, 0.25) is 0 Å². The van der Waals surface area contributed by atoms with E-state index in [-0.39, 0.29) is 17.4 Å². The number of hydrogen-bond acceptors (Lipinski definition) is 4. The summed E-state index contributed by atoms with van der Waals surface area (Å²) < 4.78 is 0. The molecule has 0 aliphatic carbocycles. The van der Waals surface area contributed by atoms with Gasteiger partial charge < -0.3 is 25.7 Å². The Kier molecular flexibility index (Phi) is 5.33. The van der Waals surface area contributed by atoms with Gasteiger partial charge >= 0.3 is 12.0 Å². The minimum absolute atomic E-state index is 0.0546. The van der Waals surface area contributed by atoms with E-state index >= 15 is 0 Å². The van der Waals surface area contributed by atoms with Crippen LogP contribution < -0.4 is 10.6 Å². The molecule has 1 unspecified atom stereocenters. The number of rotatable bonds is 5. The van der Waals surface area contributed by atoms with Crippen LogP contribution >= 0.6 is 0 Å². The average molecular weight is 281 g/mol. The molecule has 1 aromatic carbocycles.